The molecule has 0 saturated heterocycles. The molecule has 0 aliphatic rings. The van der Waals surface area contributed by atoms with Gasteiger partial charge in [0.1, 0.15) is 5.75 Å². The van der Waals surface area contributed by atoms with Crippen molar-refractivity contribution >= 4 is 22.5 Å². The third-order valence-corrected chi connectivity index (χ3v) is 4.39. The van der Waals surface area contributed by atoms with Crippen molar-refractivity contribution in [3.05, 3.63) is 65.4 Å². The summed E-state index contributed by atoms with van der Waals surface area (Å²) in [6.45, 7) is 7.83. The van der Waals surface area contributed by atoms with Gasteiger partial charge in [0.05, 0.1) is 11.2 Å². The molecule has 0 aliphatic carbocycles. The SMILES string of the molecule is Cc1ccc(O[C@@H](C)C(=O)Nc2ccc(C)c3ncccc23)cc1C. The first-order chi connectivity index (χ1) is 12.0. The topological polar surface area (TPSA) is 51.2 Å². The highest BCUT2D eigenvalue weighted by atomic mass is 16.5. The molecule has 4 nitrogen and oxygen atoms in total. The van der Waals surface area contributed by atoms with Crippen molar-refractivity contribution in [2.24, 2.45) is 0 Å². The van der Waals surface area contributed by atoms with Crippen LogP contribution >= 0.6 is 0 Å². The number of rotatable bonds is 4. The molecule has 0 spiro atoms. The van der Waals surface area contributed by atoms with Gasteiger partial charge in [-0.05, 0) is 74.7 Å². The molecule has 0 fully saturated rings. The Bertz CT molecular complexity index is 934. The minimum atomic E-state index is -0.602. The number of benzene rings is 2. The Balaban J connectivity index is 1.78. The van der Waals surface area contributed by atoms with Gasteiger partial charge in [-0.3, -0.25) is 9.78 Å². The molecule has 1 N–H and O–H groups in total. The summed E-state index contributed by atoms with van der Waals surface area (Å²) in [7, 11) is 0. The summed E-state index contributed by atoms with van der Waals surface area (Å²) < 4.78 is 5.79. The fraction of sp³-hybridized carbons (Fsp3) is 0.238. The Kier molecular flexibility index (Phi) is 4.70. The van der Waals surface area contributed by atoms with Crippen molar-refractivity contribution in [3.8, 4) is 5.75 Å². The molecule has 0 saturated carbocycles. The first-order valence-electron chi connectivity index (χ1n) is 8.35. The van der Waals surface area contributed by atoms with Gasteiger partial charge in [0.15, 0.2) is 6.10 Å². The number of anilines is 1. The highest BCUT2D eigenvalue weighted by Gasteiger charge is 2.16. The molecular weight excluding hydrogens is 312 g/mol. The van der Waals surface area contributed by atoms with Crippen LogP contribution in [0.1, 0.15) is 23.6 Å². The molecule has 128 valence electrons. The van der Waals surface area contributed by atoms with Crippen LogP contribution in [0, 0.1) is 20.8 Å². The largest absolute Gasteiger partial charge is 0.481 e. The Morgan fingerprint density at radius 2 is 1.80 bits per heavy atom. The molecule has 3 rings (SSSR count). The zero-order valence-electron chi connectivity index (χ0n) is 15.0. The molecule has 1 amide bonds. The predicted octanol–water partition coefficient (Wildman–Crippen LogP) is 4.57. The highest BCUT2D eigenvalue weighted by molar-refractivity contribution is 6.03. The molecule has 3 aromatic rings. The monoisotopic (exact) mass is 334 g/mol. The summed E-state index contributed by atoms with van der Waals surface area (Å²) in [5, 5.41) is 3.88. The van der Waals surface area contributed by atoms with E-state index in [1.807, 2.05) is 63.2 Å². The molecular formula is C21H22N2O2. The van der Waals surface area contributed by atoms with Gasteiger partial charge in [-0.25, -0.2) is 0 Å². The van der Waals surface area contributed by atoms with Crippen LogP contribution in [-0.2, 0) is 4.79 Å². The van der Waals surface area contributed by atoms with Gasteiger partial charge in [-0.2, -0.15) is 0 Å². The number of aryl methyl sites for hydroxylation is 3. The fourth-order valence-corrected chi connectivity index (χ4v) is 2.70. The van der Waals surface area contributed by atoms with Gasteiger partial charge >= 0.3 is 0 Å². The van der Waals surface area contributed by atoms with Gasteiger partial charge in [-0.15, -0.1) is 0 Å². The van der Waals surface area contributed by atoms with Crippen LogP contribution in [0.3, 0.4) is 0 Å². The second-order valence-electron chi connectivity index (χ2n) is 6.32. The van der Waals surface area contributed by atoms with Crippen LogP contribution in [0.5, 0.6) is 5.75 Å². The van der Waals surface area contributed by atoms with Crippen molar-refractivity contribution in [1.82, 2.24) is 4.98 Å². The van der Waals surface area contributed by atoms with Crippen LogP contribution in [0.25, 0.3) is 10.9 Å². The lowest BCUT2D eigenvalue weighted by atomic mass is 10.1. The van der Waals surface area contributed by atoms with Gasteiger partial charge in [0, 0.05) is 11.6 Å². The number of amides is 1. The molecule has 4 heteroatoms. The Morgan fingerprint density at radius 3 is 2.56 bits per heavy atom. The standard InChI is InChI=1S/C21H22N2O2/c1-13-7-9-17(12-15(13)3)25-16(4)21(24)23-19-10-8-14(2)20-18(19)6-5-11-22-20/h5-12,16H,1-4H3,(H,23,24)/t16-/m0/s1. The molecule has 1 heterocycles. The van der Waals surface area contributed by atoms with Gasteiger partial charge in [-0.1, -0.05) is 12.1 Å². The van der Waals surface area contributed by atoms with E-state index in [1.54, 1.807) is 13.1 Å². The van der Waals surface area contributed by atoms with Crippen molar-refractivity contribution in [2.45, 2.75) is 33.8 Å². The Hall–Kier alpha value is -2.88. The number of pyridine rings is 1. The smallest absolute Gasteiger partial charge is 0.265 e. The number of hydrogen-bond donors (Lipinski definition) is 1. The van der Waals surface area contributed by atoms with Gasteiger partial charge < -0.3 is 10.1 Å². The average molecular weight is 334 g/mol. The third-order valence-electron chi connectivity index (χ3n) is 4.39. The molecule has 25 heavy (non-hydrogen) atoms. The van der Waals surface area contributed by atoms with E-state index >= 15 is 0 Å². The highest BCUT2D eigenvalue weighted by Crippen LogP contribution is 2.25. The summed E-state index contributed by atoms with van der Waals surface area (Å²) >= 11 is 0. The Morgan fingerprint density at radius 1 is 1.04 bits per heavy atom. The zero-order valence-corrected chi connectivity index (χ0v) is 15.0. The average Bonchev–Trinajstić information content (AvgIpc) is 2.60. The summed E-state index contributed by atoms with van der Waals surface area (Å²) in [5.74, 6) is 0.508. The molecule has 0 bridgehead atoms. The Labute approximate surface area is 147 Å². The first kappa shape index (κ1) is 17.0. The predicted molar refractivity (Wildman–Crippen MR) is 101 cm³/mol. The van der Waals surface area contributed by atoms with Crippen LogP contribution in [0.15, 0.2) is 48.7 Å². The maximum absolute atomic E-state index is 12.5. The third kappa shape index (κ3) is 3.63. The minimum absolute atomic E-state index is 0.188. The van der Waals surface area contributed by atoms with Crippen LogP contribution < -0.4 is 10.1 Å². The molecule has 2 aromatic carbocycles. The minimum Gasteiger partial charge on any atom is -0.481 e. The van der Waals surface area contributed by atoms with Crippen LogP contribution in [0.2, 0.25) is 0 Å². The van der Waals surface area contributed by atoms with Crippen LogP contribution in [-0.4, -0.2) is 17.0 Å². The number of ether oxygens (including phenoxy) is 1. The lowest BCUT2D eigenvalue weighted by Gasteiger charge is -2.16. The van der Waals surface area contributed by atoms with E-state index in [1.165, 1.54) is 5.56 Å². The number of nitrogens with zero attached hydrogens (tertiary/aromatic N) is 1. The van der Waals surface area contributed by atoms with E-state index < -0.39 is 6.10 Å². The molecule has 0 unspecified atom stereocenters. The summed E-state index contributed by atoms with van der Waals surface area (Å²) in [4.78, 5) is 16.9. The van der Waals surface area contributed by atoms with Crippen molar-refractivity contribution < 1.29 is 9.53 Å². The van der Waals surface area contributed by atoms with Gasteiger partial charge in [0.25, 0.3) is 5.91 Å². The van der Waals surface area contributed by atoms with Crippen molar-refractivity contribution in [2.75, 3.05) is 5.32 Å². The van der Waals surface area contributed by atoms with E-state index in [2.05, 4.69) is 10.3 Å². The van der Waals surface area contributed by atoms with Gasteiger partial charge in [0.2, 0.25) is 0 Å². The molecule has 1 aromatic heterocycles. The van der Waals surface area contributed by atoms with E-state index in [0.717, 1.165) is 27.7 Å². The van der Waals surface area contributed by atoms with Crippen LogP contribution in [0.4, 0.5) is 5.69 Å². The number of aromatic nitrogens is 1. The maximum atomic E-state index is 12.5. The number of hydrogen-bond acceptors (Lipinski definition) is 3. The summed E-state index contributed by atoms with van der Waals surface area (Å²) in [5.41, 5.74) is 5.05. The van der Waals surface area contributed by atoms with Crippen molar-refractivity contribution in [1.29, 1.82) is 0 Å². The first-order valence-corrected chi connectivity index (χ1v) is 8.35. The zero-order chi connectivity index (χ0) is 18.0. The summed E-state index contributed by atoms with van der Waals surface area (Å²) in [6, 6.07) is 13.5. The number of carbonyl (C=O) groups is 1. The lowest BCUT2D eigenvalue weighted by molar-refractivity contribution is -0.122. The number of carbonyl (C=O) groups excluding carboxylic acids is 1. The quantitative estimate of drug-likeness (QED) is 0.760. The van der Waals surface area contributed by atoms with E-state index in [4.69, 9.17) is 4.74 Å². The second kappa shape index (κ2) is 6.93. The second-order valence-corrected chi connectivity index (χ2v) is 6.32. The molecule has 1 atom stereocenters. The normalized spacial score (nSPS) is 12.0. The maximum Gasteiger partial charge on any atom is 0.265 e. The van der Waals surface area contributed by atoms with E-state index in [9.17, 15) is 4.79 Å². The fourth-order valence-electron chi connectivity index (χ4n) is 2.70. The summed E-state index contributed by atoms with van der Waals surface area (Å²) in [6.07, 6.45) is 1.15. The lowest BCUT2D eigenvalue weighted by Crippen LogP contribution is -2.30. The molecule has 0 aliphatic heterocycles. The van der Waals surface area contributed by atoms with E-state index in [0.29, 0.717) is 5.75 Å². The van der Waals surface area contributed by atoms with Crippen molar-refractivity contribution in [3.63, 3.8) is 0 Å². The van der Waals surface area contributed by atoms with E-state index in [-0.39, 0.29) is 5.91 Å². The number of nitrogens with one attached hydrogen (secondary N) is 1. The number of fused-ring (bicyclic) bond motifs is 1. The molecule has 0 radical (unpaired) electrons.